The maximum absolute atomic E-state index is 11.8. The Hall–Kier alpha value is -0.880. The number of carboxylic acids is 1. The molecule has 0 aliphatic rings. The highest BCUT2D eigenvalue weighted by Gasteiger charge is 2.22. The van der Waals surface area contributed by atoms with Crippen molar-refractivity contribution in [2.24, 2.45) is 5.92 Å². The summed E-state index contributed by atoms with van der Waals surface area (Å²) < 4.78 is 24.3. The van der Waals surface area contributed by atoms with E-state index in [1.807, 2.05) is 0 Å². The summed E-state index contributed by atoms with van der Waals surface area (Å²) in [5.74, 6) is -2.40. The van der Waals surface area contributed by atoms with E-state index < -0.39 is 21.7 Å². The summed E-state index contributed by atoms with van der Waals surface area (Å²) in [5, 5.41) is 8.66. The zero-order valence-corrected chi connectivity index (χ0v) is 11.0. The molecule has 0 aliphatic carbocycles. The van der Waals surface area contributed by atoms with Gasteiger partial charge in [-0.2, -0.15) is 0 Å². The first-order valence-electron chi connectivity index (χ1n) is 4.54. The number of carbonyl (C=O) groups is 1. The molecule has 88 valence electrons. The summed E-state index contributed by atoms with van der Waals surface area (Å²) in [6.45, 7) is 1.37. The topological polar surface area (TPSA) is 71.4 Å². The van der Waals surface area contributed by atoms with Crippen LogP contribution >= 0.6 is 15.9 Å². The van der Waals surface area contributed by atoms with Gasteiger partial charge in [0.1, 0.15) is 0 Å². The third-order valence-electron chi connectivity index (χ3n) is 2.06. The van der Waals surface area contributed by atoms with Gasteiger partial charge in [0.05, 0.1) is 16.6 Å². The van der Waals surface area contributed by atoms with Crippen LogP contribution < -0.4 is 0 Å². The van der Waals surface area contributed by atoms with E-state index in [9.17, 15) is 13.2 Å². The molecule has 4 nitrogen and oxygen atoms in total. The van der Waals surface area contributed by atoms with Crippen LogP contribution in [-0.4, -0.2) is 25.2 Å². The molecule has 0 fully saturated rings. The molecule has 0 heterocycles. The van der Waals surface area contributed by atoms with Crippen molar-refractivity contribution in [1.82, 2.24) is 0 Å². The Bertz CT molecular complexity index is 478. The quantitative estimate of drug-likeness (QED) is 0.923. The molecule has 0 radical (unpaired) electrons. The molecular weight excluding hydrogens is 296 g/mol. The lowest BCUT2D eigenvalue weighted by molar-refractivity contribution is -0.140. The molecule has 1 aromatic rings. The summed E-state index contributed by atoms with van der Waals surface area (Å²) in [5.41, 5.74) is 0. The summed E-state index contributed by atoms with van der Waals surface area (Å²) in [6, 6.07) is 6.12. The minimum atomic E-state index is -3.52. The fraction of sp³-hybridized carbons (Fsp3) is 0.300. The van der Waals surface area contributed by atoms with E-state index in [1.54, 1.807) is 12.1 Å². The Labute approximate surface area is 102 Å². The zero-order chi connectivity index (χ0) is 12.3. The van der Waals surface area contributed by atoms with Gasteiger partial charge >= 0.3 is 5.97 Å². The van der Waals surface area contributed by atoms with Gasteiger partial charge in [0, 0.05) is 4.47 Å². The summed E-state index contributed by atoms with van der Waals surface area (Å²) in [4.78, 5) is 10.7. The lowest BCUT2D eigenvalue weighted by atomic mass is 10.2. The maximum atomic E-state index is 11.8. The molecule has 1 atom stereocenters. The Balaban J connectivity index is 2.94. The second-order valence-electron chi connectivity index (χ2n) is 3.47. The fourth-order valence-electron chi connectivity index (χ4n) is 1.14. The molecule has 0 aliphatic heterocycles. The zero-order valence-electron chi connectivity index (χ0n) is 8.55. The Morgan fingerprint density at radius 3 is 2.31 bits per heavy atom. The molecule has 0 saturated heterocycles. The van der Waals surface area contributed by atoms with Crippen LogP contribution in [0.4, 0.5) is 0 Å². The van der Waals surface area contributed by atoms with Crippen LogP contribution in [-0.2, 0) is 14.6 Å². The molecule has 16 heavy (non-hydrogen) atoms. The number of hydrogen-bond donors (Lipinski definition) is 1. The van der Waals surface area contributed by atoms with Crippen LogP contribution in [0.25, 0.3) is 0 Å². The van der Waals surface area contributed by atoms with Gasteiger partial charge in [-0.25, -0.2) is 8.42 Å². The number of hydrogen-bond acceptors (Lipinski definition) is 3. The van der Waals surface area contributed by atoms with Gasteiger partial charge in [0.25, 0.3) is 0 Å². The predicted molar refractivity (Wildman–Crippen MR) is 63.0 cm³/mol. The molecule has 0 unspecified atom stereocenters. The first kappa shape index (κ1) is 13.2. The second kappa shape index (κ2) is 4.97. The predicted octanol–water partition coefficient (Wildman–Crippen LogP) is 1.94. The van der Waals surface area contributed by atoms with Gasteiger partial charge in [-0.05, 0) is 24.3 Å². The van der Waals surface area contributed by atoms with E-state index in [1.165, 1.54) is 19.1 Å². The van der Waals surface area contributed by atoms with E-state index >= 15 is 0 Å². The van der Waals surface area contributed by atoms with Gasteiger partial charge in [-0.15, -0.1) is 0 Å². The van der Waals surface area contributed by atoms with Crippen molar-refractivity contribution in [1.29, 1.82) is 0 Å². The van der Waals surface area contributed by atoms with Crippen LogP contribution in [0.2, 0.25) is 0 Å². The Morgan fingerprint density at radius 1 is 1.38 bits per heavy atom. The van der Waals surface area contributed by atoms with Crippen LogP contribution in [0.5, 0.6) is 0 Å². The highest BCUT2D eigenvalue weighted by Crippen LogP contribution is 2.17. The Kier molecular flexibility index (Phi) is 4.09. The molecular formula is C10H11BrO4S. The van der Waals surface area contributed by atoms with Crippen molar-refractivity contribution in [3.05, 3.63) is 28.7 Å². The number of sulfone groups is 1. The highest BCUT2D eigenvalue weighted by molar-refractivity contribution is 9.10. The largest absolute Gasteiger partial charge is 0.481 e. The van der Waals surface area contributed by atoms with Gasteiger partial charge in [0.15, 0.2) is 9.84 Å². The summed E-state index contributed by atoms with van der Waals surface area (Å²) in [6.07, 6.45) is 0. The fourth-order valence-corrected chi connectivity index (χ4v) is 2.95. The maximum Gasteiger partial charge on any atom is 0.307 e. The van der Waals surface area contributed by atoms with Crippen LogP contribution in [0.1, 0.15) is 6.92 Å². The van der Waals surface area contributed by atoms with E-state index in [2.05, 4.69) is 15.9 Å². The van der Waals surface area contributed by atoms with Crippen molar-refractivity contribution in [3.63, 3.8) is 0 Å². The van der Waals surface area contributed by atoms with Gasteiger partial charge in [-0.3, -0.25) is 4.79 Å². The lowest BCUT2D eigenvalue weighted by Crippen LogP contribution is -2.21. The van der Waals surface area contributed by atoms with E-state index in [-0.39, 0.29) is 10.6 Å². The summed E-state index contributed by atoms with van der Waals surface area (Å²) in [7, 11) is -3.52. The lowest BCUT2D eigenvalue weighted by Gasteiger charge is -2.07. The van der Waals surface area contributed by atoms with Crippen LogP contribution in [0, 0.1) is 5.92 Å². The van der Waals surface area contributed by atoms with Crippen LogP contribution in [0.3, 0.4) is 0 Å². The standard InChI is InChI=1S/C10H11BrO4S/c1-7(10(12)13)6-16(14,15)9-4-2-8(11)3-5-9/h2-5,7H,6H2,1H3,(H,12,13)/t7-/m0/s1. The number of aliphatic carboxylic acids is 1. The summed E-state index contributed by atoms with van der Waals surface area (Å²) >= 11 is 3.20. The third-order valence-corrected chi connectivity index (χ3v) is 4.52. The number of halogens is 1. The molecule has 1 rings (SSSR count). The monoisotopic (exact) mass is 306 g/mol. The van der Waals surface area contributed by atoms with Crippen molar-refractivity contribution in [3.8, 4) is 0 Å². The highest BCUT2D eigenvalue weighted by atomic mass is 79.9. The van der Waals surface area contributed by atoms with E-state index in [0.29, 0.717) is 0 Å². The minimum Gasteiger partial charge on any atom is -0.481 e. The van der Waals surface area contributed by atoms with Gasteiger partial charge in [0.2, 0.25) is 0 Å². The molecule has 0 aromatic heterocycles. The van der Waals surface area contributed by atoms with Crippen molar-refractivity contribution >= 4 is 31.7 Å². The number of rotatable bonds is 4. The number of benzene rings is 1. The molecule has 1 N–H and O–H groups in total. The van der Waals surface area contributed by atoms with E-state index in [0.717, 1.165) is 4.47 Å². The molecule has 0 saturated carbocycles. The van der Waals surface area contributed by atoms with Gasteiger partial charge in [-0.1, -0.05) is 22.9 Å². The average Bonchev–Trinajstić information content (AvgIpc) is 2.17. The minimum absolute atomic E-state index is 0.142. The first-order chi connectivity index (χ1) is 7.33. The first-order valence-corrected chi connectivity index (χ1v) is 6.98. The Morgan fingerprint density at radius 2 is 1.88 bits per heavy atom. The van der Waals surface area contributed by atoms with Crippen LogP contribution in [0.15, 0.2) is 33.6 Å². The van der Waals surface area contributed by atoms with Crippen molar-refractivity contribution in [2.45, 2.75) is 11.8 Å². The van der Waals surface area contributed by atoms with Gasteiger partial charge < -0.3 is 5.11 Å². The normalized spacial score (nSPS) is 13.4. The second-order valence-corrected chi connectivity index (χ2v) is 6.42. The molecule has 0 bridgehead atoms. The molecule has 0 spiro atoms. The average molecular weight is 307 g/mol. The number of carboxylic acid groups (broad SMARTS) is 1. The molecule has 6 heteroatoms. The van der Waals surface area contributed by atoms with Crippen molar-refractivity contribution in [2.75, 3.05) is 5.75 Å². The van der Waals surface area contributed by atoms with E-state index in [4.69, 9.17) is 5.11 Å². The third kappa shape index (κ3) is 3.31. The van der Waals surface area contributed by atoms with Crippen molar-refractivity contribution < 1.29 is 18.3 Å². The smallest absolute Gasteiger partial charge is 0.307 e. The molecule has 1 aromatic carbocycles. The molecule has 0 amide bonds. The SMILES string of the molecule is C[C@@H](CS(=O)(=O)c1ccc(Br)cc1)C(=O)O.